The highest BCUT2D eigenvalue weighted by atomic mass is 19.0. The van der Waals surface area contributed by atoms with E-state index in [1.165, 1.54) is 0 Å². The second-order valence-corrected chi connectivity index (χ2v) is 2.82. The molecule has 7 heteroatoms. The van der Waals surface area contributed by atoms with Gasteiger partial charge in [0, 0.05) is 14.0 Å². The topological polar surface area (TPSA) is 3.24 Å². The van der Waals surface area contributed by atoms with Gasteiger partial charge in [-0.1, -0.05) is 0 Å². The zero-order chi connectivity index (χ0) is 7.07. The summed E-state index contributed by atoms with van der Waals surface area (Å²) in [6, 6.07) is 0. The van der Waals surface area contributed by atoms with Gasteiger partial charge in [-0.2, -0.15) is 0 Å². The molecule has 2 unspecified atom stereocenters. The van der Waals surface area contributed by atoms with Crippen molar-refractivity contribution in [2.45, 2.75) is 13.1 Å². The summed E-state index contributed by atoms with van der Waals surface area (Å²) in [6.45, 7) is 2.10. The standard InChI is InChI=1S/C6H12BN2.4FH/c1-6-8(2)4-5-9(6,3)7;;;;/h4-6H,1-3H3;4*1H/q+1;;;;. The minimum absolute atomic E-state index is 0. The molecule has 1 aliphatic heterocycles. The Morgan fingerprint density at radius 1 is 1.23 bits per heavy atom. The third-order valence-corrected chi connectivity index (χ3v) is 2.02. The molecule has 0 aromatic rings. The lowest BCUT2D eigenvalue weighted by Gasteiger charge is -2.30. The molecule has 2 nitrogen and oxygen atoms in total. The minimum Gasteiger partial charge on any atom is -0.352 e. The van der Waals surface area contributed by atoms with Crippen molar-refractivity contribution in [2.24, 2.45) is 0 Å². The zero-order valence-electron chi connectivity index (χ0n) is 7.84. The molecule has 80 valence electrons. The number of halogens is 4. The second kappa shape index (κ2) is 6.76. The van der Waals surface area contributed by atoms with Crippen LogP contribution in [0.25, 0.3) is 0 Å². The van der Waals surface area contributed by atoms with Crippen LogP contribution in [0.4, 0.5) is 18.8 Å². The van der Waals surface area contributed by atoms with Crippen molar-refractivity contribution >= 4 is 7.98 Å². The van der Waals surface area contributed by atoms with Crippen molar-refractivity contribution in [3.63, 3.8) is 0 Å². The average Bonchev–Trinajstić information content (AvgIpc) is 1.97. The summed E-state index contributed by atoms with van der Waals surface area (Å²) >= 11 is 0. The van der Waals surface area contributed by atoms with E-state index in [4.69, 9.17) is 7.98 Å². The van der Waals surface area contributed by atoms with Gasteiger partial charge in [-0.25, -0.2) is 0 Å². The maximum absolute atomic E-state index is 5.82. The summed E-state index contributed by atoms with van der Waals surface area (Å²) in [4.78, 5) is 2.10. The largest absolute Gasteiger partial charge is 0.488 e. The normalized spacial score (nSPS) is 29.2. The van der Waals surface area contributed by atoms with Crippen molar-refractivity contribution in [1.29, 1.82) is 0 Å². The number of hydrogen-bond donors (Lipinski definition) is 0. The highest BCUT2D eigenvalue weighted by molar-refractivity contribution is 5.97. The molecule has 0 N–H and O–H groups in total. The van der Waals surface area contributed by atoms with Crippen LogP contribution in [-0.4, -0.2) is 37.5 Å². The molecular formula is C6H16BF4N2+. The molecule has 0 saturated carbocycles. The number of hydrogen-bond acceptors (Lipinski definition) is 1. The maximum atomic E-state index is 5.82. The lowest BCUT2D eigenvalue weighted by Crippen LogP contribution is -2.45. The predicted molar refractivity (Wildman–Crippen MR) is 48.3 cm³/mol. The van der Waals surface area contributed by atoms with Crippen LogP contribution in [0.2, 0.25) is 0 Å². The quantitative estimate of drug-likeness (QED) is 0.417. The molecule has 1 rings (SSSR count). The monoisotopic (exact) mass is 203 g/mol. The lowest BCUT2D eigenvalue weighted by molar-refractivity contribution is -0.771. The first-order chi connectivity index (χ1) is 4.04. The average molecular weight is 203 g/mol. The van der Waals surface area contributed by atoms with Gasteiger partial charge < -0.3 is 9.29 Å². The fourth-order valence-electron chi connectivity index (χ4n) is 0.890. The van der Waals surface area contributed by atoms with E-state index in [-0.39, 0.29) is 18.8 Å². The van der Waals surface area contributed by atoms with E-state index in [9.17, 15) is 0 Å². The molecular weight excluding hydrogens is 187 g/mol. The third kappa shape index (κ3) is 4.16. The minimum atomic E-state index is 0. The Morgan fingerprint density at radius 3 is 1.69 bits per heavy atom. The molecule has 0 spiro atoms. The number of rotatable bonds is 0. The van der Waals surface area contributed by atoms with E-state index in [2.05, 4.69) is 11.8 Å². The first-order valence-corrected chi connectivity index (χ1v) is 3.10. The molecule has 1 heterocycles. The van der Waals surface area contributed by atoms with E-state index >= 15 is 0 Å². The Hall–Kier alpha value is -0.715. The van der Waals surface area contributed by atoms with Crippen molar-refractivity contribution < 1.29 is 23.2 Å². The molecule has 0 bridgehead atoms. The number of quaternary nitrogens is 1. The van der Waals surface area contributed by atoms with Crippen molar-refractivity contribution in [1.82, 2.24) is 4.90 Å². The molecule has 0 aromatic carbocycles. The van der Waals surface area contributed by atoms with Gasteiger partial charge in [0.1, 0.15) is 6.17 Å². The Bertz CT molecular complexity index is 154. The molecule has 0 aromatic heterocycles. The molecule has 13 heavy (non-hydrogen) atoms. The Labute approximate surface area is 76.7 Å². The molecule has 2 atom stereocenters. The summed E-state index contributed by atoms with van der Waals surface area (Å²) in [5.74, 6) is 0. The highest BCUT2D eigenvalue weighted by Gasteiger charge is 2.28. The fraction of sp³-hybridized carbons (Fsp3) is 0.667. The van der Waals surface area contributed by atoms with E-state index in [1.54, 1.807) is 0 Å². The smallest absolute Gasteiger partial charge is 0.352 e. The summed E-state index contributed by atoms with van der Waals surface area (Å²) in [5, 5.41) is 0. The van der Waals surface area contributed by atoms with Crippen LogP contribution in [-0.2, 0) is 0 Å². The van der Waals surface area contributed by atoms with Crippen LogP contribution in [0.15, 0.2) is 12.4 Å². The van der Waals surface area contributed by atoms with Crippen LogP contribution in [0.1, 0.15) is 6.92 Å². The molecule has 2 radical (unpaired) electrons. The van der Waals surface area contributed by atoms with Gasteiger partial charge >= 0.3 is 7.98 Å². The third-order valence-electron chi connectivity index (χ3n) is 2.02. The molecule has 0 amide bonds. The van der Waals surface area contributed by atoms with E-state index < -0.39 is 0 Å². The van der Waals surface area contributed by atoms with Gasteiger partial charge in [-0.05, 0) is 0 Å². The van der Waals surface area contributed by atoms with E-state index in [0.717, 1.165) is 0 Å². The van der Waals surface area contributed by atoms with Crippen LogP contribution in [0, 0.1) is 0 Å². The van der Waals surface area contributed by atoms with Gasteiger partial charge in [0.2, 0.25) is 0 Å². The van der Waals surface area contributed by atoms with Gasteiger partial charge in [0.25, 0.3) is 0 Å². The molecule has 1 aliphatic rings. The first-order valence-electron chi connectivity index (χ1n) is 3.10. The summed E-state index contributed by atoms with van der Waals surface area (Å²) in [5.41, 5.74) is 0. The van der Waals surface area contributed by atoms with Crippen LogP contribution < -0.4 is 0 Å². The summed E-state index contributed by atoms with van der Waals surface area (Å²) in [6.07, 6.45) is 4.35. The zero-order valence-corrected chi connectivity index (χ0v) is 7.84. The first kappa shape index (κ1) is 22.8. The Balaban J connectivity index is -0.000000101. The maximum Gasteiger partial charge on any atom is 0.488 e. The van der Waals surface area contributed by atoms with Gasteiger partial charge in [-0.3, -0.25) is 18.8 Å². The van der Waals surface area contributed by atoms with E-state index in [1.807, 2.05) is 26.5 Å². The highest BCUT2D eigenvalue weighted by Crippen LogP contribution is 2.16. The summed E-state index contributed by atoms with van der Waals surface area (Å²) < 4.78 is 0.469. The predicted octanol–water partition coefficient (Wildman–Crippen LogP) is 0.889. The van der Waals surface area contributed by atoms with Crippen LogP contribution >= 0.6 is 0 Å². The van der Waals surface area contributed by atoms with Crippen molar-refractivity contribution in [3.8, 4) is 0 Å². The van der Waals surface area contributed by atoms with Crippen molar-refractivity contribution in [3.05, 3.63) is 12.4 Å². The molecule has 0 aliphatic carbocycles. The SMILES string of the molecule is F.F.F.F.[B][N+]1(C)C=CN(C)C1C. The molecule has 0 saturated heterocycles. The second-order valence-electron chi connectivity index (χ2n) is 2.82. The summed E-state index contributed by atoms with van der Waals surface area (Å²) in [7, 11) is 9.82. The van der Waals surface area contributed by atoms with Gasteiger partial charge in [-0.15, -0.1) is 0 Å². The van der Waals surface area contributed by atoms with Crippen LogP contribution in [0.3, 0.4) is 0 Å². The number of nitrogens with zero attached hydrogens (tertiary/aromatic N) is 2. The van der Waals surface area contributed by atoms with Crippen LogP contribution in [0.5, 0.6) is 0 Å². The Kier molecular flexibility index (Phi) is 11.9. The molecule has 0 fully saturated rings. The van der Waals surface area contributed by atoms with Crippen molar-refractivity contribution in [2.75, 3.05) is 14.1 Å². The van der Waals surface area contributed by atoms with Gasteiger partial charge in [0.05, 0.1) is 19.4 Å². The Morgan fingerprint density at radius 2 is 1.62 bits per heavy atom. The van der Waals surface area contributed by atoms with E-state index in [0.29, 0.717) is 10.6 Å². The fourth-order valence-corrected chi connectivity index (χ4v) is 0.890. The lowest BCUT2D eigenvalue weighted by atomic mass is 10.2. The van der Waals surface area contributed by atoms with Gasteiger partial charge in [0.15, 0.2) is 0 Å².